The van der Waals surface area contributed by atoms with Crippen LogP contribution in [0.4, 0.5) is 0 Å². The maximum Gasteiger partial charge on any atom is 0.138 e. The second-order valence-corrected chi connectivity index (χ2v) is 7.79. The normalized spacial score (nSPS) is 12.3. The summed E-state index contributed by atoms with van der Waals surface area (Å²) in [7, 11) is 3.58. The highest BCUT2D eigenvalue weighted by Gasteiger charge is 2.21. The topological polar surface area (TPSA) is 21.3 Å². The summed E-state index contributed by atoms with van der Waals surface area (Å²) in [6.45, 7) is 0. The molecule has 2 rings (SSSR count). The first kappa shape index (κ1) is 17.5. The van der Waals surface area contributed by atoms with Crippen molar-refractivity contribution in [2.24, 2.45) is 0 Å². The Bertz CT molecular complexity index is 666. The Morgan fingerprint density at radius 1 is 1.14 bits per heavy atom. The van der Waals surface area contributed by atoms with Gasteiger partial charge in [-0.25, -0.2) is 0 Å². The van der Waals surface area contributed by atoms with Crippen LogP contribution in [0.15, 0.2) is 39.3 Å². The molecule has 112 valence electrons. The van der Waals surface area contributed by atoms with Crippen LogP contribution in [0.1, 0.15) is 17.2 Å². The van der Waals surface area contributed by atoms with E-state index < -0.39 is 0 Å². The standard InChI is InChI=1S/C15H13Br2ClINO/c1-20-14(10-7-9(19)3-4-12(10)16)11-5-8(18)6-13(17)15(11)21-2/h3-7,14,20H,1-2H3. The van der Waals surface area contributed by atoms with Gasteiger partial charge in [-0.2, -0.15) is 0 Å². The Labute approximate surface area is 160 Å². The van der Waals surface area contributed by atoms with Crippen LogP contribution < -0.4 is 10.1 Å². The molecule has 0 radical (unpaired) electrons. The number of hydrogen-bond donors (Lipinski definition) is 1. The lowest BCUT2D eigenvalue weighted by Crippen LogP contribution is -2.19. The molecule has 2 nitrogen and oxygen atoms in total. The first-order chi connectivity index (χ1) is 9.97. The molecule has 1 unspecified atom stereocenters. The number of ether oxygens (including phenoxy) is 1. The predicted octanol–water partition coefficient (Wildman–Crippen LogP) is 5.79. The average Bonchev–Trinajstić information content (AvgIpc) is 2.43. The van der Waals surface area contributed by atoms with Crippen molar-refractivity contribution in [3.8, 4) is 5.75 Å². The molecular weight excluding hydrogens is 532 g/mol. The van der Waals surface area contributed by atoms with Crippen LogP contribution in [-0.2, 0) is 0 Å². The van der Waals surface area contributed by atoms with Crippen molar-refractivity contribution in [3.05, 3.63) is 59.0 Å². The summed E-state index contributed by atoms with van der Waals surface area (Å²) in [4.78, 5) is 0. The van der Waals surface area contributed by atoms with Crippen LogP contribution in [-0.4, -0.2) is 14.2 Å². The van der Waals surface area contributed by atoms with E-state index in [1.807, 2.05) is 25.2 Å². The van der Waals surface area contributed by atoms with Crippen LogP contribution in [0.25, 0.3) is 0 Å². The molecule has 0 spiro atoms. The van der Waals surface area contributed by atoms with Gasteiger partial charge in [0, 0.05) is 18.6 Å². The quantitative estimate of drug-likeness (QED) is 0.492. The Morgan fingerprint density at radius 3 is 2.48 bits per heavy atom. The van der Waals surface area contributed by atoms with E-state index in [4.69, 9.17) is 16.3 Å². The Hall–Kier alpha value is 0.180. The summed E-state index contributed by atoms with van der Waals surface area (Å²) in [5, 5.41) is 4.01. The van der Waals surface area contributed by atoms with Gasteiger partial charge in [0.05, 0.1) is 17.6 Å². The summed E-state index contributed by atoms with van der Waals surface area (Å²) >= 11 is 15.7. The minimum Gasteiger partial charge on any atom is -0.495 e. The summed E-state index contributed by atoms with van der Waals surface area (Å²) < 4.78 is 8.60. The zero-order valence-corrected chi connectivity index (χ0v) is 17.5. The number of rotatable bonds is 4. The minimum atomic E-state index is -0.0287. The number of benzene rings is 2. The third kappa shape index (κ3) is 3.93. The smallest absolute Gasteiger partial charge is 0.138 e. The lowest BCUT2D eigenvalue weighted by atomic mass is 9.98. The highest BCUT2D eigenvalue weighted by Crippen LogP contribution is 2.40. The molecular formula is C15H13Br2ClINO. The highest BCUT2D eigenvalue weighted by atomic mass is 127. The van der Waals surface area contributed by atoms with Crippen molar-refractivity contribution < 1.29 is 4.74 Å². The van der Waals surface area contributed by atoms with Crippen molar-refractivity contribution >= 4 is 66.1 Å². The van der Waals surface area contributed by atoms with Gasteiger partial charge in [0.15, 0.2) is 0 Å². The van der Waals surface area contributed by atoms with Gasteiger partial charge in [-0.1, -0.05) is 27.5 Å². The van der Waals surface area contributed by atoms with Gasteiger partial charge in [-0.15, -0.1) is 0 Å². The largest absolute Gasteiger partial charge is 0.495 e. The molecule has 0 aromatic heterocycles. The monoisotopic (exact) mass is 543 g/mol. The summed E-state index contributed by atoms with van der Waals surface area (Å²) in [6.07, 6.45) is 0. The fourth-order valence-electron chi connectivity index (χ4n) is 2.22. The lowest BCUT2D eigenvalue weighted by molar-refractivity contribution is 0.402. The van der Waals surface area contributed by atoms with Gasteiger partial charge in [0.1, 0.15) is 5.75 Å². The average molecular weight is 545 g/mol. The Balaban J connectivity index is 2.64. The molecule has 0 saturated heterocycles. The molecule has 0 bridgehead atoms. The molecule has 0 aliphatic heterocycles. The third-order valence-corrected chi connectivity index (χ3v) is 5.31. The molecule has 1 atom stereocenters. The zero-order chi connectivity index (χ0) is 15.6. The highest BCUT2D eigenvalue weighted by molar-refractivity contribution is 14.1. The Kier molecular flexibility index (Phi) is 6.38. The van der Waals surface area contributed by atoms with Crippen LogP contribution in [0.2, 0.25) is 5.02 Å². The fourth-order valence-corrected chi connectivity index (χ4v) is 4.21. The van der Waals surface area contributed by atoms with Crippen LogP contribution in [0.5, 0.6) is 5.75 Å². The van der Waals surface area contributed by atoms with E-state index in [2.05, 4.69) is 71.9 Å². The summed E-state index contributed by atoms with van der Waals surface area (Å²) in [5.41, 5.74) is 2.12. The zero-order valence-electron chi connectivity index (χ0n) is 11.4. The third-order valence-electron chi connectivity index (χ3n) is 3.11. The van der Waals surface area contributed by atoms with E-state index in [0.717, 1.165) is 25.8 Å². The lowest BCUT2D eigenvalue weighted by Gasteiger charge is -2.22. The Morgan fingerprint density at radius 2 is 1.86 bits per heavy atom. The van der Waals surface area contributed by atoms with Gasteiger partial charge in [0.2, 0.25) is 0 Å². The molecule has 2 aromatic rings. The second kappa shape index (κ2) is 7.64. The van der Waals surface area contributed by atoms with Crippen LogP contribution in [0, 0.1) is 3.57 Å². The fraction of sp³-hybridized carbons (Fsp3) is 0.200. The number of methoxy groups -OCH3 is 1. The maximum atomic E-state index is 6.21. The van der Waals surface area contributed by atoms with Gasteiger partial charge in [0.25, 0.3) is 0 Å². The van der Waals surface area contributed by atoms with Crippen molar-refractivity contribution in [3.63, 3.8) is 0 Å². The minimum absolute atomic E-state index is 0.0287. The molecule has 0 aliphatic rings. The number of hydrogen-bond acceptors (Lipinski definition) is 2. The molecule has 0 amide bonds. The van der Waals surface area contributed by atoms with E-state index >= 15 is 0 Å². The van der Waals surface area contributed by atoms with E-state index in [1.165, 1.54) is 3.57 Å². The van der Waals surface area contributed by atoms with Crippen LogP contribution in [0.3, 0.4) is 0 Å². The molecule has 1 N–H and O–H groups in total. The van der Waals surface area contributed by atoms with Crippen molar-refractivity contribution in [2.45, 2.75) is 6.04 Å². The van der Waals surface area contributed by atoms with Crippen molar-refractivity contribution in [1.29, 1.82) is 0 Å². The molecule has 0 fully saturated rings. The van der Waals surface area contributed by atoms with Crippen LogP contribution >= 0.6 is 66.1 Å². The molecule has 0 saturated carbocycles. The summed E-state index contributed by atoms with van der Waals surface area (Å²) in [6, 6.07) is 9.98. The summed E-state index contributed by atoms with van der Waals surface area (Å²) in [5.74, 6) is 0.782. The number of halogens is 4. The van der Waals surface area contributed by atoms with E-state index in [-0.39, 0.29) is 6.04 Å². The van der Waals surface area contributed by atoms with Gasteiger partial charge >= 0.3 is 0 Å². The first-order valence-electron chi connectivity index (χ1n) is 6.13. The molecule has 21 heavy (non-hydrogen) atoms. The van der Waals surface area contributed by atoms with E-state index in [0.29, 0.717) is 5.02 Å². The van der Waals surface area contributed by atoms with Crippen molar-refractivity contribution in [1.82, 2.24) is 5.32 Å². The maximum absolute atomic E-state index is 6.21. The SMILES string of the molecule is CNC(c1cc(I)ccc1Br)c1cc(Cl)cc(Br)c1OC. The van der Waals surface area contributed by atoms with Crippen molar-refractivity contribution in [2.75, 3.05) is 14.2 Å². The molecule has 6 heteroatoms. The molecule has 0 aliphatic carbocycles. The molecule has 0 heterocycles. The van der Waals surface area contributed by atoms with Gasteiger partial charge in [-0.3, -0.25) is 0 Å². The van der Waals surface area contributed by atoms with E-state index in [1.54, 1.807) is 7.11 Å². The first-order valence-corrected chi connectivity index (χ1v) is 9.17. The van der Waals surface area contributed by atoms with Gasteiger partial charge < -0.3 is 10.1 Å². The van der Waals surface area contributed by atoms with E-state index in [9.17, 15) is 0 Å². The molecule has 2 aromatic carbocycles. The second-order valence-electron chi connectivity index (χ2n) is 4.40. The number of nitrogens with one attached hydrogen (secondary N) is 1. The predicted molar refractivity (Wildman–Crippen MR) is 103 cm³/mol. The van der Waals surface area contributed by atoms with Gasteiger partial charge in [-0.05, 0) is 81.5 Å².